The van der Waals surface area contributed by atoms with Crippen molar-refractivity contribution in [1.29, 1.82) is 0 Å². The normalized spacial score (nSPS) is 19.0. The number of aryl methyl sites for hydroxylation is 1. The SMILES string of the molecule is CCC(=O)N1CCC(NS(=O)(=O)c2cccc(C)c2F)C1. The lowest BCUT2D eigenvalue weighted by molar-refractivity contribution is -0.129. The summed E-state index contributed by atoms with van der Waals surface area (Å²) in [4.78, 5) is 12.9. The van der Waals surface area contributed by atoms with Crippen LogP contribution in [0.3, 0.4) is 0 Å². The molecule has 1 unspecified atom stereocenters. The summed E-state index contributed by atoms with van der Waals surface area (Å²) in [5.41, 5.74) is 0.284. The molecule has 1 fully saturated rings. The maximum atomic E-state index is 13.9. The molecule has 1 saturated heterocycles. The molecule has 0 saturated carbocycles. The molecule has 1 heterocycles. The van der Waals surface area contributed by atoms with Crippen molar-refractivity contribution in [2.24, 2.45) is 0 Å². The molecule has 1 atom stereocenters. The summed E-state index contributed by atoms with van der Waals surface area (Å²) in [7, 11) is -3.92. The van der Waals surface area contributed by atoms with Crippen LogP contribution in [0.5, 0.6) is 0 Å². The van der Waals surface area contributed by atoms with Crippen LogP contribution >= 0.6 is 0 Å². The highest BCUT2D eigenvalue weighted by molar-refractivity contribution is 7.89. The predicted octanol–water partition coefficient (Wildman–Crippen LogP) is 1.42. The Morgan fingerprint density at radius 3 is 2.86 bits per heavy atom. The number of likely N-dealkylation sites (tertiary alicyclic amines) is 1. The van der Waals surface area contributed by atoms with Crippen molar-refractivity contribution in [2.45, 2.75) is 37.6 Å². The number of sulfonamides is 1. The number of carbonyl (C=O) groups is 1. The molecular formula is C14H19FN2O3S. The first kappa shape index (κ1) is 15.9. The van der Waals surface area contributed by atoms with Crippen molar-refractivity contribution in [3.8, 4) is 0 Å². The largest absolute Gasteiger partial charge is 0.341 e. The van der Waals surface area contributed by atoms with E-state index < -0.39 is 15.8 Å². The van der Waals surface area contributed by atoms with E-state index in [0.29, 0.717) is 25.9 Å². The van der Waals surface area contributed by atoms with E-state index in [2.05, 4.69) is 4.72 Å². The summed E-state index contributed by atoms with van der Waals surface area (Å²) in [5, 5.41) is 0. The highest BCUT2D eigenvalue weighted by Crippen LogP contribution is 2.19. The topological polar surface area (TPSA) is 66.5 Å². The van der Waals surface area contributed by atoms with E-state index in [1.54, 1.807) is 11.8 Å². The number of amides is 1. The lowest BCUT2D eigenvalue weighted by Gasteiger charge is -2.16. The fourth-order valence-electron chi connectivity index (χ4n) is 2.42. The molecule has 0 spiro atoms. The minimum absolute atomic E-state index is 0.00145. The van der Waals surface area contributed by atoms with Crippen molar-refractivity contribution >= 4 is 15.9 Å². The molecule has 1 aromatic carbocycles. The van der Waals surface area contributed by atoms with Crippen molar-refractivity contribution in [3.05, 3.63) is 29.6 Å². The number of rotatable bonds is 4. The van der Waals surface area contributed by atoms with Crippen LogP contribution in [0.1, 0.15) is 25.3 Å². The van der Waals surface area contributed by atoms with Gasteiger partial charge in [0.05, 0.1) is 0 Å². The second-order valence-corrected chi connectivity index (χ2v) is 6.87. The maximum absolute atomic E-state index is 13.9. The molecule has 5 nitrogen and oxygen atoms in total. The Hall–Kier alpha value is -1.47. The van der Waals surface area contributed by atoms with Gasteiger partial charge in [-0.2, -0.15) is 0 Å². The number of benzene rings is 1. The van der Waals surface area contributed by atoms with Crippen molar-refractivity contribution in [1.82, 2.24) is 9.62 Å². The summed E-state index contributed by atoms with van der Waals surface area (Å²) >= 11 is 0. The van der Waals surface area contributed by atoms with E-state index in [9.17, 15) is 17.6 Å². The summed E-state index contributed by atoms with van der Waals surface area (Å²) in [6, 6.07) is 3.90. The van der Waals surface area contributed by atoms with Gasteiger partial charge in [0.15, 0.2) is 0 Å². The van der Waals surface area contributed by atoms with Crippen LogP contribution in [-0.2, 0) is 14.8 Å². The van der Waals surface area contributed by atoms with Gasteiger partial charge in [-0.3, -0.25) is 4.79 Å². The van der Waals surface area contributed by atoms with Gasteiger partial charge in [0, 0.05) is 25.6 Å². The van der Waals surface area contributed by atoms with E-state index in [1.165, 1.54) is 25.1 Å². The van der Waals surface area contributed by atoms with Crippen LogP contribution in [0, 0.1) is 12.7 Å². The lowest BCUT2D eigenvalue weighted by Crippen LogP contribution is -2.38. The van der Waals surface area contributed by atoms with E-state index in [-0.39, 0.29) is 22.4 Å². The Morgan fingerprint density at radius 1 is 1.48 bits per heavy atom. The summed E-state index contributed by atoms with van der Waals surface area (Å²) in [6.45, 7) is 4.14. The molecule has 0 radical (unpaired) electrons. The molecule has 0 aromatic heterocycles. The van der Waals surface area contributed by atoms with Gasteiger partial charge >= 0.3 is 0 Å². The van der Waals surface area contributed by atoms with Gasteiger partial charge in [-0.25, -0.2) is 17.5 Å². The number of hydrogen-bond donors (Lipinski definition) is 1. The molecule has 21 heavy (non-hydrogen) atoms. The third kappa shape index (κ3) is 3.41. The second-order valence-electron chi connectivity index (χ2n) is 5.19. The van der Waals surface area contributed by atoms with Crippen molar-refractivity contribution in [2.75, 3.05) is 13.1 Å². The Kier molecular flexibility index (Phi) is 4.63. The molecule has 116 valence electrons. The smallest absolute Gasteiger partial charge is 0.243 e. The van der Waals surface area contributed by atoms with Crippen LogP contribution in [0.4, 0.5) is 4.39 Å². The molecule has 1 aliphatic heterocycles. The number of nitrogens with zero attached hydrogens (tertiary/aromatic N) is 1. The van der Waals surface area contributed by atoms with Crippen LogP contribution in [0.2, 0.25) is 0 Å². The van der Waals surface area contributed by atoms with Gasteiger partial charge in [0.2, 0.25) is 15.9 Å². The predicted molar refractivity (Wildman–Crippen MR) is 76.7 cm³/mol. The van der Waals surface area contributed by atoms with E-state index >= 15 is 0 Å². The van der Waals surface area contributed by atoms with E-state index in [4.69, 9.17) is 0 Å². The Balaban J connectivity index is 2.12. The Bertz CT molecular complexity index is 646. The first-order valence-electron chi connectivity index (χ1n) is 6.90. The van der Waals surface area contributed by atoms with Crippen LogP contribution < -0.4 is 4.72 Å². The maximum Gasteiger partial charge on any atom is 0.243 e. The monoisotopic (exact) mass is 314 g/mol. The fraction of sp³-hybridized carbons (Fsp3) is 0.500. The first-order valence-corrected chi connectivity index (χ1v) is 8.38. The number of carbonyl (C=O) groups excluding carboxylic acids is 1. The highest BCUT2D eigenvalue weighted by Gasteiger charge is 2.30. The molecule has 7 heteroatoms. The minimum atomic E-state index is -3.92. The standard InChI is InChI=1S/C14H19FN2O3S/c1-3-13(18)17-8-7-11(9-17)16-21(19,20)12-6-4-5-10(2)14(12)15/h4-6,11,16H,3,7-9H2,1-2H3. The molecular weight excluding hydrogens is 295 g/mol. The van der Waals surface area contributed by atoms with Gasteiger partial charge < -0.3 is 4.90 Å². The molecule has 0 bridgehead atoms. The Labute approximate surface area is 124 Å². The average Bonchev–Trinajstić information content (AvgIpc) is 2.88. The van der Waals surface area contributed by atoms with Gasteiger partial charge in [0.25, 0.3) is 0 Å². The van der Waals surface area contributed by atoms with Gasteiger partial charge in [-0.15, -0.1) is 0 Å². The third-order valence-electron chi connectivity index (χ3n) is 3.61. The highest BCUT2D eigenvalue weighted by atomic mass is 32.2. The summed E-state index contributed by atoms with van der Waals surface area (Å²) in [6.07, 6.45) is 0.935. The van der Waals surface area contributed by atoms with Gasteiger partial charge in [0.1, 0.15) is 10.7 Å². The second kappa shape index (κ2) is 6.11. The minimum Gasteiger partial charge on any atom is -0.341 e. The molecule has 1 aromatic rings. The Morgan fingerprint density at radius 2 is 2.19 bits per heavy atom. The fourth-order valence-corrected chi connectivity index (χ4v) is 3.83. The molecule has 1 N–H and O–H groups in total. The number of halogens is 1. The third-order valence-corrected chi connectivity index (χ3v) is 5.15. The van der Waals surface area contributed by atoms with Crippen molar-refractivity contribution in [3.63, 3.8) is 0 Å². The first-order chi connectivity index (χ1) is 9.85. The zero-order valence-electron chi connectivity index (χ0n) is 12.1. The van der Waals surface area contributed by atoms with Gasteiger partial charge in [-0.05, 0) is 25.0 Å². The zero-order valence-corrected chi connectivity index (χ0v) is 12.9. The molecule has 2 rings (SSSR count). The lowest BCUT2D eigenvalue weighted by atomic mass is 10.2. The van der Waals surface area contributed by atoms with E-state index in [0.717, 1.165) is 0 Å². The zero-order chi connectivity index (χ0) is 15.6. The summed E-state index contributed by atoms with van der Waals surface area (Å²) in [5.74, 6) is -0.733. The molecule has 1 amide bonds. The van der Waals surface area contributed by atoms with E-state index in [1.807, 2.05) is 0 Å². The average molecular weight is 314 g/mol. The number of hydrogen-bond acceptors (Lipinski definition) is 3. The summed E-state index contributed by atoms with van der Waals surface area (Å²) < 4.78 is 40.9. The van der Waals surface area contributed by atoms with Gasteiger partial charge in [-0.1, -0.05) is 19.1 Å². The van der Waals surface area contributed by atoms with Crippen molar-refractivity contribution < 1.29 is 17.6 Å². The van der Waals surface area contributed by atoms with Crippen LogP contribution in [0.25, 0.3) is 0 Å². The molecule has 0 aliphatic carbocycles. The number of nitrogens with one attached hydrogen (secondary N) is 1. The quantitative estimate of drug-likeness (QED) is 0.914. The van der Waals surface area contributed by atoms with Crippen LogP contribution in [-0.4, -0.2) is 38.4 Å². The van der Waals surface area contributed by atoms with Crippen LogP contribution in [0.15, 0.2) is 23.1 Å². The molecule has 1 aliphatic rings.